The molecule has 166 valence electrons. The Morgan fingerprint density at radius 1 is 1.00 bits per heavy atom. The number of hydrogen-bond acceptors (Lipinski definition) is 5. The van der Waals surface area contributed by atoms with Crippen molar-refractivity contribution in [3.05, 3.63) is 48.0 Å². The van der Waals surface area contributed by atoms with Crippen LogP contribution in [0, 0.1) is 0 Å². The third-order valence-corrected chi connectivity index (χ3v) is 5.24. The summed E-state index contributed by atoms with van der Waals surface area (Å²) in [6.45, 7) is 6.35. The molecule has 1 atom stereocenters. The van der Waals surface area contributed by atoms with Crippen LogP contribution < -0.4 is 24.8 Å². The zero-order valence-electron chi connectivity index (χ0n) is 18.2. The van der Waals surface area contributed by atoms with E-state index in [1.165, 1.54) is 4.90 Å². The first-order chi connectivity index (χ1) is 14.1. The fraction of sp³-hybridized carbons (Fsp3) is 0.409. The molecule has 0 bridgehead atoms. The Hall–Kier alpha value is -1.81. The van der Waals surface area contributed by atoms with Crippen LogP contribution in [0.2, 0.25) is 0 Å². The van der Waals surface area contributed by atoms with Gasteiger partial charge < -0.3 is 24.8 Å². The molecule has 0 aliphatic heterocycles. The Morgan fingerprint density at radius 3 is 2.17 bits per heavy atom. The number of benzene rings is 2. The number of nitrogens with one attached hydrogen (secondary N) is 2. The van der Waals surface area contributed by atoms with Crippen LogP contribution >= 0.6 is 35.7 Å². The first kappa shape index (κ1) is 26.2. The summed E-state index contributed by atoms with van der Waals surface area (Å²) in [5, 5.41) is 7.12. The quantitative estimate of drug-likeness (QED) is 0.198. The predicted octanol–water partition coefficient (Wildman–Crippen LogP) is 4.57. The topological polar surface area (TPSA) is 64.1 Å². The van der Waals surface area contributed by atoms with Crippen LogP contribution in [0.25, 0.3) is 0 Å². The molecule has 8 heteroatoms. The maximum absolute atomic E-state index is 5.42. The average molecular weight is 545 g/mol. The van der Waals surface area contributed by atoms with Crippen molar-refractivity contribution in [1.82, 2.24) is 10.6 Å². The highest BCUT2D eigenvalue weighted by molar-refractivity contribution is 14.0. The van der Waals surface area contributed by atoms with Crippen LogP contribution in [-0.2, 0) is 6.54 Å². The Morgan fingerprint density at radius 2 is 1.63 bits per heavy atom. The van der Waals surface area contributed by atoms with Gasteiger partial charge in [-0.15, -0.1) is 35.7 Å². The molecule has 0 spiro atoms. The minimum absolute atomic E-state index is 0. The van der Waals surface area contributed by atoms with Gasteiger partial charge >= 0.3 is 0 Å². The van der Waals surface area contributed by atoms with E-state index in [0.717, 1.165) is 24.6 Å². The summed E-state index contributed by atoms with van der Waals surface area (Å²) in [5.41, 5.74) is 0.975. The number of rotatable bonds is 10. The van der Waals surface area contributed by atoms with Gasteiger partial charge in [-0.1, -0.05) is 25.1 Å². The highest BCUT2D eigenvalue weighted by atomic mass is 127. The first-order valence-corrected chi connectivity index (χ1v) is 10.5. The minimum Gasteiger partial charge on any atom is -0.493 e. The lowest BCUT2D eigenvalue weighted by molar-refractivity contribution is 0.324. The lowest BCUT2D eigenvalue weighted by Gasteiger charge is -2.16. The second kappa shape index (κ2) is 14.2. The standard InChI is InChI=1S/C22H31N3O3S.HI/c1-6-23-22(24-14-16(2)29-18-10-8-7-9-11-18)25-15-17-12-19(26-3)21(28-5)20(13-17)27-4;/h7-13,16H,6,14-15H2,1-5H3,(H2,23,24,25);1H. The van der Waals surface area contributed by atoms with Gasteiger partial charge in [0.25, 0.3) is 0 Å². The summed E-state index contributed by atoms with van der Waals surface area (Å²) in [4.78, 5) is 5.97. The molecule has 0 radical (unpaired) electrons. The summed E-state index contributed by atoms with van der Waals surface area (Å²) in [7, 11) is 4.82. The summed E-state index contributed by atoms with van der Waals surface area (Å²) in [6, 6.07) is 14.3. The summed E-state index contributed by atoms with van der Waals surface area (Å²) < 4.78 is 16.2. The normalized spacial score (nSPS) is 11.8. The zero-order valence-corrected chi connectivity index (χ0v) is 21.4. The molecule has 0 amide bonds. The molecule has 2 aromatic carbocycles. The van der Waals surface area contributed by atoms with Crippen molar-refractivity contribution in [1.29, 1.82) is 0 Å². The number of guanidine groups is 1. The molecule has 0 aromatic heterocycles. The molecule has 6 nitrogen and oxygen atoms in total. The summed E-state index contributed by atoms with van der Waals surface area (Å²) >= 11 is 1.84. The Bertz CT molecular complexity index is 765. The van der Waals surface area contributed by atoms with Crippen LogP contribution in [-0.4, -0.2) is 45.6 Å². The second-order valence-electron chi connectivity index (χ2n) is 6.35. The van der Waals surface area contributed by atoms with Crippen molar-refractivity contribution in [2.45, 2.75) is 30.5 Å². The number of halogens is 1. The molecule has 0 fully saturated rings. The summed E-state index contributed by atoms with van der Waals surface area (Å²) in [5.74, 6) is 2.62. The van der Waals surface area contributed by atoms with Gasteiger partial charge in [0, 0.05) is 23.2 Å². The zero-order chi connectivity index (χ0) is 21.1. The molecule has 0 aliphatic carbocycles. The molecule has 0 aliphatic rings. The van der Waals surface area contributed by atoms with Crippen molar-refractivity contribution in [2.75, 3.05) is 34.4 Å². The predicted molar refractivity (Wildman–Crippen MR) is 136 cm³/mol. The van der Waals surface area contributed by atoms with Crippen LogP contribution in [0.4, 0.5) is 0 Å². The number of thioether (sulfide) groups is 1. The number of aliphatic imine (C=N–C) groups is 1. The maximum Gasteiger partial charge on any atom is 0.203 e. The summed E-state index contributed by atoms with van der Waals surface area (Å²) in [6.07, 6.45) is 0. The van der Waals surface area contributed by atoms with Crippen LogP contribution in [0.1, 0.15) is 19.4 Å². The molecule has 2 aromatic rings. The Balaban J connectivity index is 0.00000450. The van der Waals surface area contributed by atoms with Crippen molar-refractivity contribution in [3.8, 4) is 17.2 Å². The van der Waals surface area contributed by atoms with E-state index in [2.05, 4.69) is 48.7 Å². The number of ether oxygens (including phenoxy) is 3. The molecular formula is C22H32IN3O3S. The van der Waals surface area contributed by atoms with Gasteiger partial charge in [0.1, 0.15) is 0 Å². The van der Waals surface area contributed by atoms with E-state index >= 15 is 0 Å². The van der Waals surface area contributed by atoms with Gasteiger partial charge in [0.05, 0.1) is 27.9 Å². The fourth-order valence-corrected chi connectivity index (χ4v) is 3.70. The number of hydrogen-bond donors (Lipinski definition) is 2. The number of methoxy groups -OCH3 is 3. The Kier molecular flexibility index (Phi) is 12.4. The monoisotopic (exact) mass is 545 g/mol. The van der Waals surface area contributed by atoms with Crippen LogP contribution in [0.5, 0.6) is 17.2 Å². The first-order valence-electron chi connectivity index (χ1n) is 9.64. The van der Waals surface area contributed by atoms with Crippen molar-refractivity contribution >= 4 is 41.7 Å². The van der Waals surface area contributed by atoms with Crippen LogP contribution in [0.15, 0.2) is 52.4 Å². The third kappa shape index (κ3) is 8.14. The lowest BCUT2D eigenvalue weighted by atomic mass is 10.2. The molecule has 2 rings (SSSR count). The maximum atomic E-state index is 5.42. The fourth-order valence-electron chi connectivity index (χ4n) is 2.75. The van der Waals surface area contributed by atoms with E-state index in [1.807, 2.05) is 30.0 Å². The van der Waals surface area contributed by atoms with E-state index in [1.54, 1.807) is 21.3 Å². The molecular weight excluding hydrogens is 513 g/mol. The van der Waals surface area contributed by atoms with E-state index in [-0.39, 0.29) is 24.0 Å². The second-order valence-corrected chi connectivity index (χ2v) is 7.86. The van der Waals surface area contributed by atoms with E-state index in [4.69, 9.17) is 19.2 Å². The third-order valence-electron chi connectivity index (χ3n) is 4.13. The van der Waals surface area contributed by atoms with Gasteiger partial charge in [-0.25, -0.2) is 4.99 Å². The van der Waals surface area contributed by atoms with E-state index in [0.29, 0.717) is 29.0 Å². The van der Waals surface area contributed by atoms with E-state index < -0.39 is 0 Å². The van der Waals surface area contributed by atoms with Gasteiger partial charge in [-0.3, -0.25) is 0 Å². The van der Waals surface area contributed by atoms with E-state index in [9.17, 15) is 0 Å². The lowest BCUT2D eigenvalue weighted by Crippen LogP contribution is -2.40. The van der Waals surface area contributed by atoms with Crippen LogP contribution in [0.3, 0.4) is 0 Å². The molecule has 0 saturated carbocycles. The SMILES string of the molecule is CCNC(=NCc1cc(OC)c(OC)c(OC)c1)NCC(C)Sc1ccccc1.I. The van der Waals surface area contributed by atoms with Gasteiger partial charge in [0.2, 0.25) is 5.75 Å². The minimum atomic E-state index is 0. The van der Waals surface area contributed by atoms with Gasteiger partial charge in [-0.2, -0.15) is 0 Å². The molecule has 30 heavy (non-hydrogen) atoms. The average Bonchev–Trinajstić information content (AvgIpc) is 2.75. The molecule has 0 heterocycles. The largest absolute Gasteiger partial charge is 0.493 e. The Labute approximate surface area is 201 Å². The van der Waals surface area contributed by atoms with Crippen molar-refractivity contribution < 1.29 is 14.2 Å². The molecule has 0 saturated heterocycles. The molecule has 1 unspecified atom stereocenters. The smallest absolute Gasteiger partial charge is 0.203 e. The van der Waals surface area contributed by atoms with Crippen molar-refractivity contribution in [3.63, 3.8) is 0 Å². The van der Waals surface area contributed by atoms with Gasteiger partial charge in [-0.05, 0) is 36.8 Å². The molecule has 2 N–H and O–H groups in total. The van der Waals surface area contributed by atoms with Gasteiger partial charge in [0.15, 0.2) is 17.5 Å². The highest BCUT2D eigenvalue weighted by Crippen LogP contribution is 2.38. The van der Waals surface area contributed by atoms with Crippen molar-refractivity contribution in [2.24, 2.45) is 4.99 Å². The highest BCUT2D eigenvalue weighted by Gasteiger charge is 2.13. The number of nitrogens with zero attached hydrogens (tertiary/aromatic N) is 1.